The minimum atomic E-state index is 0.808. The molecule has 0 amide bonds. The lowest BCUT2D eigenvalue weighted by Crippen LogP contribution is -1.89. The summed E-state index contributed by atoms with van der Waals surface area (Å²) in [4.78, 5) is 4.15. The molecule has 4 rings (SSSR count). The van der Waals surface area contributed by atoms with Gasteiger partial charge in [0, 0.05) is 11.8 Å². The SMILES string of the molecule is c1ccc(Oc2cccc(-c3ccc4ncnn4c3)c2)cc1. The van der Waals surface area contributed by atoms with Crippen LogP contribution in [0.15, 0.2) is 79.3 Å². The smallest absolute Gasteiger partial charge is 0.155 e. The second-order valence-electron chi connectivity index (χ2n) is 4.92. The molecule has 0 radical (unpaired) electrons. The fourth-order valence-corrected chi connectivity index (χ4v) is 2.35. The highest BCUT2D eigenvalue weighted by atomic mass is 16.5. The summed E-state index contributed by atoms with van der Waals surface area (Å²) in [5.74, 6) is 1.63. The van der Waals surface area contributed by atoms with Gasteiger partial charge < -0.3 is 4.74 Å². The van der Waals surface area contributed by atoms with Crippen molar-refractivity contribution in [1.29, 1.82) is 0 Å². The minimum Gasteiger partial charge on any atom is -0.457 e. The lowest BCUT2D eigenvalue weighted by molar-refractivity contribution is 0.483. The number of nitrogens with zero attached hydrogens (tertiary/aromatic N) is 3. The first-order valence-electron chi connectivity index (χ1n) is 7.01. The van der Waals surface area contributed by atoms with Gasteiger partial charge in [-0.3, -0.25) is 0 Å². The molecule has 0 saturated carbocycles. The van der Waals surface area contributed by atoms with Crippen molar-refractivity contribution in [2.75, 3.05) is 0 Å². The molecule has 106 valence electrons. The van der Waals surface area contributed by atoms with Gasteiger partial charge in [0.15, 0.2) is 5.65 Å². The Morgan fingerprint density at radius 1 is 0.773 bits per heavy atom. The first kappa shape index (κ1) is 12.6. The molecule has 22 heavy (non-hydrogen) atoms. The van der Waals surface area contributed by atoms with E-state index in [1.165, 1.54) is 0 Å². The van der Waals surface area contributed by atoms with Gasteiger partial charge in [-0.05, 0) is 42.0 Å². The maximum atomic E-state index is 5.88. The van der Waals surface area contributed by atoms with Crippen LogP contribution in [0.4, 0.5) is 0 Å². The van der Waals surface area contributed by atoms with Gasteiger partial charge in [0.05, 0.1) is 0 Å². The van der Waals surface area contributed by atoms with Crippen LogP contribution in [-0.2, 0) is 0 Å². The van der Waals surface area contributed by atoms with Crippen LogP contribution in [0, 0.1) is 0 Å². The number of pyridine rings is 1. The van der Waals surface area contributed by atoms with Gasteiger partial charge >= 0.3 is 0 Å². The molecule has 0 atom stereocenters. The number of aromatic nitrogens is 3. The largest absolute Gasteiger partial charge is 0.457 e. The maximum absolute atomic E-state index is 5.88. The highest BCUT2D eigenvalue weighted by molar-refractivity contribution is 5.66. The summed E-state index contributed by atoms with van der Waals surface area (Å²) < 4.78 is 7.64. The van der Waals surface area contributed by atoms with Gasteiger partial charge in [0.1, 0.15) is 17.8 Å². The topological polar surface area (TPSA) is 39.4 Å². The van der Waals surface area contributed by atoms with Crippen molar-refractivity contribution in [2.24, 2.45) is 0 Å². The van der Waals surface area contributed by atoms with E-state index in [2.05, 4.69) is 16.1 Å². The van der Waals surface area contributed by atoms with Gasteiger partial charge in [-0.1, -0.05) is 30.3 Å². The molecule has 0 unspecified atom stereocenters. The summed E-state index contributed by atoms with van der Waals surface area (Å²) >= 11 is 0. The fraction of sp³-hybridized carbons (Fsp3) is 0. The van der Waals surface area contributed by atoms with Crippen LogP contribution in [-0.4, -0.2) is 14.6 Å². The van der Waals surface area contributed by atoms with Crippen molar-refractivity contribution in [3.8, 4) is 22.6 Å². The van der Waals surface area contributed by atoms with E-state index in [9.17, 15) is 0 Å². The van der Waals surface area contributed by atoms with Crippen molar-refractivity contribution in [1.82, 2.24) is 14.6 Å². The van der Waals surface area contributed by atoms with E-state index in [0.29, 0.717) is 0 Å². The molecule has 0 aliphatic heterocycles. The van der Waals surface area contributed by atoms with Crippen molar-refractivity contribution < 1.29 is 4.74 Å². The van der Waals surface area contributed by atoms with Crippen LogP contribution >= 0.6 is 0 Å². The number of hydrogen-bond acceptors (Lipinski definition) is 3. The first-order chi connectivity index (χ1) is 10.9. The number of para-hydroxylation sites is 1. The van der Waals surface area contributed by atoms with Gasteiger partial charge in [-0.25, -0.2) is 9.50 Å². The van der Waals surface area contributed by atoms with Crippen LogP contribution in [0.25, 0.3) is 16.8 Å². The zero-order valence-electron chi connectivity index (χ0n) is 11.8. The van der Waals surface area contributed by atoms with E-state index in [1.54, 1.807) is 10.8 Å². The third-order valence-electron chi connectivity index (χ3n) is 3.42. The van der Waals surface area contributed by atoms with Gasteiger partial charge in [0.2, 0.25) is 0 Å². The molecular formula is C18H13N3O. The van der Waals surface area contributed by atoms with Gasteiger partial charge in [0.25, 0.3) is 0 Å². The Balaban J connectivity index is 1.69. The Labute approximate surface area is 127 Å². The van der Waals surface area contributed by atoms with Gasteiger partial charge in [-0.2, -0.15) is 5.10 Å². The van der Waals surface area contributed by atoms with Crippen LogP contribution in [0.5, 0.6) is 11.5 Å². The fourth-order valence-electron chi connectivity index (χ4n) is 2.35. The van der Waals surface area contributed by atoms with E-state index >= 15 is 0 Å². The predicted octanol–water partition coefficient (Wildman–Crippen LogP) is 4.19. The molecule has 0 fully saturated rings. The number of ether oxygens (including phenoxy) is 1. The summed E-state index contributed by atoms with van der Waals surface area (Å²) in [7, 11) is 0. The second-order valence-corrected chi connectivity index (χ2v) is 4.92. The molecule has 2 aromatic heterocycles. The summed E-state index contributed by atoms with van der Waals surface area (Å²) in [6, 6.07) is 21.7. The molecule has 0 saturated heterocycles. The number of rotatable bonds is 3. The molecule has 2 heterocycles. The quantitative estimate of drug-likeness (QED) is 0.567. The third-order valence-corrected chi connectivity index (χ3v) is 3.42. The molecule has 4 nitrogen and oxygen atoms in total. The van der Waals surface area contributed by atoms with E-state index in [-0.39, 0.29) is 0 Å². The Kier molecular flexibility index (Phi) is 3.05. The van der Waals surface area contributed by atoms with Crippen molar-refractivity contribution in [3.63, 3.8) is 0 Å². The number of benzene rings is 2. The number of hydrogen-bond donors (Lipinski definition) is 0. The highest BCUT2D eigenvalue weighted by Gasteiger charge is 2.03. The lowest BCUT2D eigenvalue weighted by atomic mass is 10.1. The predicted molar refractivity (Wildman–Crippen MR) is 84.9 cm³/mol. The van der Waals surface area contributed by atoms with E-state index in [4.69, 9.17) is 4.74 Å². The minimum absolute atomic E-state index is 0.808. The monoisotopic (exact) mass is 287 g/mol. The summed E-state index contributed by atoms with van der Waals surface area (Å²) in [5.41, 5.74) is 2.97. The average molecular weight is 287 g/mol. The molecule has 2 aromatic carbocycles. The van der Waals surface area contributed by atoms with Crippen LogP contribution < -0.4 is 4.74 Å². The Morgan fingerprint density at radius 3 is 2.55 bits per heavy atom. The van der Waals surface area contributed by atoms with E-state index < -0.39 is 0 Å². The van der Waals surface area contributed by atoms with Crippen molar-refractivity contribution in [2.45, 2.75) is 0 Å². The molecule has 0 spiro atoms. The Morgan fingerprint density at radius 2 is 1.64 bits per heavy atom. The van der Waals surface area contributed by atoms with Crippen LogP contribution in [0.2, 0.25) is 0 Å². The van der Waals surface area contributed by atoms with Crippen LogP contribution in [0.1, 0.15) is 0 Å². The lowest BCUT2D eigenvalue weighted by Gasteiger charge is -2.08. The summed E-state index contributed by atoms with van der Waals surface area (Å²) in [5, 5.41) is 4.17. The summed E-state index contributed by atoms with van der Waals surface area (Å²) in [6.07, 6.45) is 3.51. The molecule has 0 N–H and O–H groups in total. The highest BCUT2D eigenvalue weighted by Crippen LogP contribution is 2.27. The molecule has 0 aliphatic carbocycles. The maximum Gasteiger partial charge on any atom is 0.155 e. The zero-order chi connectivity index (χ0) is 14.8. The summed E-state index contributed by atoms with van der Waals surface area (Å²) in [6.45, 7) is 0. The van der Waals surface area contributed by atoms with Crippen molar-refractivity contribution >= 4 is 5.65 Å². The first-order valence-corrected chi connectivity index (χ1v) is 7.01. The zero-order valence-corrected chi connectivity index (χ0v) is 11.8. The van der Waals surface area contributed by atoms with E-state index in [1.807, 2.05) is 66.9 Å². The third kappa shape index (κ3) is 2.42. The molecule has 4 aromatic rings. The van der Waals surface area contributed by atoms with Crippen molar-refractivity contribution in [3.05, 3.63) is 79.3 Å². The van der Waals surface area contributed by atoms with Gasteiger partial charge in [-0.15, -0.1) is 0 Å². The second kappa shape index (κ2) is 5.33. The molecule has 0 aliphatic rings. The Bertz CT molecular complexity index is 916. The Hall–Kier alpha value is -3.14. The normalized spacial score (nSPS) is 10.7. The number of fused-ring (bicyclic) bond motifs is 1. The molecule has 4 heteroatoms. The molecule has 0 bridgehead atoms. The van der Waals surface area contributed by atoms with E-state index in [0.717, 1.165) is 28.3 Å². The molecular weight excluding hydrogens is 274 g/mol. The van der Waals surface area contributed by atoms with Crippen LogP contribution in [0.3, 0.4) is 0 Å². The average Bonchev–Trinajstić information content (AvgIpc) is 3.04. The standard InChI is InChI=1S/C18H13N3O/c1-2-6-16(7-3-1)22-17-8-4-5-14(11-17)15-9-10-18-19-13-20-21(18)12-15/h1-13H.